The molecule has 1 unspecified atom stereocenters. The summed E-state index contributed by atoms with van der Waals surface area (Å²) in [6, 6.07) is 4.15. The van der Waals surface area contributed by atoms with Gasteiger partial charge in [0.05, 0.1) is 17.9 Å². The number of hydrogen-bond donors (Lipinski definition) is 2. The molecule has 0 bridgehead atoms. The van der Waals surface area contributed by atoms with Crippen molar-refractivity contribution in [3.63, 3.8) is 0 Å². The van der Waals surface area contributed by atoms with Crippen molar-refractivity contribution in [1.82, 2.24) is 25.6 Å². The Hall–Kier alpha value is -1.58. The third-order valence-electron chi connectivity index (χ3n) is 4.84. The molecule has 0 aliphatic rings. The Morgan fingerprint density at radius 1 is 1.21 bits per heavy atom. The van der Waals surface area contributed by atoms with Gasteiger partial charge >= 0.3 is 0 Å². The highest BCUT2D eigenvalue weighted by Crippen LogP contribution is 2.22. The summed E-state index contributed by atoms with van der Waals surface area (Å²) in [4.78, 5) is 4.29. The van der Waals surface area contributed by atoms with Crippen LogP contribution in [-0.2, 0) is 13.1 Å². The lowest BCUT2D eigenvalue weighted by molar-refractivity contribution is 0.367. The number of aromatic nitrogens is 3. The largest absolute Gasteiger partial charge is 0.359 e. The SMILES string of the molecule is CCC(CC)c1cc(CNC(=NC)NCC(C)Cn2nc(C)cc2C)on1.I. The normalized spacial score (nSPS) is 12.8. The fourth-order valence-electron chi connectivity index (χ4n) is 3.19. The molecule has 0 spiro atoms. The molecule has 0 fully saturated rings. The van der Waals surface area contributed by atoms with Crippen LogP contribution in [0.5, 0.6) is 0 Å². The van der Waals surface area contributed by atoms with E-state index in [2.05, 4.69) is 64.3 Å². The number of guanidine groups is 1. The lowest BCUT2D eigenvalue weighted by Gasteiger charge is -2.16. The minimum Gasteiger partial charge on any atom is -0.359 e. The first kappa shape index (κ1) is 24.5. The number of rotatable bonds is 9. The first-order valence-electron chi connectivity index (χ1n) is 9.87. The highest BCUT2D eigenvalue weighted by molar-refractivity contribution is 14.0. The van der Waals surface area contributed by atoms with Gasteiger partial charge in [0.1, 0.15) is 0 Å². The summed E-state index contributed by atoms with van der Waals surface area (Å²) in [6.45, 7) is 12.9. The van der Waals surface area contributed by atoms with Crippen LogP contribution in [0.3, 0.4) is 0 Å². The maximum atomic E-state index is 5.46. The second kappa shape index (κ2) is 12.1. The van der Waals surface area contributed by atoms with Gasteiger partial charge < -0.3 is 15.2 Å². The van der Waals surface area contributed by atoms with E-state index in [9.17, 15) is 0 Å². The molecule has 2 aromatic heterocycles. The molecule has 8 heteroatoms. The van der Waals surface area contributed by atoms with Crippen molar-refractivity contribution in [2.45, 2.75) is 66.5 Å². The van der Waals surface area contributed by atoms with Gasteiger partial charge in [-0.1, -0.05) is 25.9 Å². The van der Waals surface area contributed by atoms with E-state index in [1.54, 1.807) is 7.05 Å². The van der Waals surface area contributed by atoms with E-state index >= 15 is 0 Å². The van der Waals surface area contributed by atoms with Crippen molar-refractivity contribution in [3.8, 4) is 0 Å². The van der Waals surface area contributed by atoms with Crippen LogP contribution >= 0.6 is 24.0 Å². The molecule has 0 saturated carbocycles. The molecule has 28 heavy (non-hydrogen) atoms. The minimum absolute atomic E-state index is 0. The fourth-order valence-corrected chi connectivity index (χ4v) is 3.19. The summed E-state index contributed by atoms with van der Waals surface area (Å²) in [5.41, 5.74) is 3.30. The van der Waals surface area contributed by atoms with E-state index in [1.807, 2.05) is 13.0 Å². The van der Waals surface area contributed by atoms with Gasteiger partial charge in [0.2, 0.25) is 0 Å². The maximum Gasteiger partial charge on any atom is 0.191 e. The molecule has 0 amide bonds. The van der Waals surface area contributed by atoms with Crippen molar-refractivity contribution < 1.29 is 4.52 Å². The lowest BCUT2D eigenvalue weighted by atomic mass is 9.99. The zero-order valence-corrected chi connectivity index (χ0v) is 20.3. The molecule has 2 aromatic rings. The number of nitrogens with zero attached hydrogens (tertiary/aromatic N) is 4. The third-order valence-corrected chi connectivity index (χ3v) is 4.84. The molecule has 0 saturated heterocycles. The van der Waals surface area contributed by atoms with Crippen molar-refractivity contribution in [2.75, 3.05) is 13.6 Å². The van der Waals surface area contributed by atoms with Gasteiger partial charge in [0.15, 0.2) is 11.7 Å². The molecular formula is C20H35IN6O. The van der Waals surface area contributed by atoms with Crippen molar-refractivity contribution in [3.05, 3.63) is 35.0 Å². The smallest absolute Gasteiger partial charge is 0.191 e. The van der Waals surface area contributed by atoms with Gasteiger partial charge in [-0.2, -0.15) is 5.10 Å². The first-order valence-corrected chi connectivity index (χ1v) is 9.87. The predicted octanol–water partition coefficient (Wildman–Crippen LogP) is 4.01. The second-order valence-corrected chi connectivity index (χ2v) is 7.25. The van der Waals surface area contributed by atoms with Crippen LogP contribution < -0.4 is 10.6 Å². The van der Waals surface area contributed by atoms with E-state index in [4.69, 9.17) is 4.52 Å². The zero-order valence-electron chi connectivity index (χ0n) is 18.0. The van der Waals surface area contributed by atoms with Gasteiger partial charge in [0, 0.05) is 37.8 Å². The quantitative estimate of drug-likeness (QED) is 0.308. The molecule has 0 aliphatic heterocycles. The van der Waals surface area contributed by atoms with Gasteiger partial charge in [0.25, 0.3) is 0 Å². The molecule has 0 radical (unpaired) electrons. The lowest BCUT2D eigenvalue weighted by Crippen LogP contribution is -2.39. The van der Waals surface area contributed by atoms with E-state index in [0.717, 1.165) is 49.0 Å². The van der Waals surface area contributed by atoms with Crippen LogP contribution in [0.2, 0.25) is 0 Å². The molecule has 158 valence electrons. The van der Waals surface area contributed by atoms with Gasteiger partial charge in [-0.05, 0) is 38.7 Å². The number of nitrogens with one attached hydrogen (secondary N) is 2. The van der Waals surface area contributed by atoms with Crippen LogP contribution in [0.15, 0.2) is 21.6 Å². The topological polar surface area (TPSA) is 80.3 Å². The van der Waals surface area contributed by atoms with Crippen LogP contribution in [0, 0.1) is 19.8 Å². The van der Waals surface area contributed by atoms with E-state index in [-0.39, 0.29) is 24.0 Å². The average molecular weight is 502 g/mol. The summed E-state index contributed by atoms with van der Waals surface area (Å²) < 4.78 is 7.52. The van der Waals surface area contributed by atoms with Crippen molar-refractivity contribution in [2.24, 2.45) is 10.9 Å². The monoisotopic (exact) mass is 502 g/mol. The minimum atomic E-state index is 0. The maximum absolute atomic E-state index is 5.46. The Morgan fingerprint density at radius 3 is 2.50 bits per heavy atom. The summed E-state index contributed by atoms with van der Waals surface area (Å²) >= 11 is 0. The van der Waals surface area contributed by atoms with E-state index in [0.29, 0.717) is 18.4 Å². The summed E-state index contributed by atoms with van der Waals surface area (Å²) in [7, 11) is 1.77. The average Bonchev–Trinajstić information content (AvgIpc) is 3.23. The van der Waals surface area contributed by atoms with Gasteiger partial charge in [-0.25, -0.2) is 0 Å². The summed E-state index contributed by atoms with van der Waals surface area (Å²) in [5, 5.41) is 15.4. The number of aliphatic imine (C=N–C) groups is 1. The van der Waals surface area contributed by atoms with Gasteiger partial charge in [-0.3, -0.25) is 9.67 Å². The molecule has 2 N–H and O–H groups in total. The van der Waals surface area contributed by atoms with Gasteiger partial charge in [-0.15, -0.1) is 24.0 Å². The molecule has 0 aromatic carbocycles. The second-order valence-electron chi connectivity index (χ2n) is 7.25. The van der Waals surface area contributed by atoms with E-state index < -0.39 is 0 Å². The molecule has 2 rings (SSSR count). The summed E-state index contributed by atoms with van der Waals surface area (Å²) in [6.07, 6.45) is 2.15. The highest BCUT2D eigenvalue weighted by Gasteiger charge is 2.13. The number of aryl methyl sites for hydroxylation is 2. The Kier molecular flexibility index (Phi) is 10.6. The van der Waals surface area contributed by atoms with Crippen molar-refractivity contribution in [1.29, 1.82) is 0 Å². The van der Waals surface area contributed by atoms with Crippen molar-refractivity contribution >= 4 is 29.9 Å². The van der Waals surface area contributed by atoms with Crippen LogP contribution in [0.1, 0.15) is 62.4 Å². The fraction of sp³-hybridized carbons (Fsp3) is 0.650. The molecule has 0 aliphatic carbocycles. The van der Waals surface area contributed by atoms with Crippen LogP contribution in [0.25, 0.3) is 0 Å². The molecular weight excluding hydrogens is 467 g/mol. The molecule has 7 nitrogen and oxygen atoms in total. The Labute approximate surface area is 185 Å². The standard InChI is InChI=1S/C20H34N6O.HI/c1-7-17(8-2)19-10-18(27-25-19)12-23-20(21-6)22-11-14(3)13-26-16(5)9-15(4)24-26;/h9-10,14,17H,7-8,11-13H2,1-6H3,(H2,21,22,23);1H. The summed E-state index contributed by atoms with van der Waals surface area (Å²) in [5.74, 6) is 2.48. The zero-order chi connectivity index (χ0) is 19.8. The van der Waals surface area contributed by atoms with E-state index in [1.165, 1.54) is 5.69 Å². The Bertz CT molecular complexity index is 735. The first-order chi connectivity index (χ1) is 13.0. The van der Waals surface area contributed by atoms with Crippen LogP contribution in [-0.4, -0.2) is 34.5 Å². The third kappa shape index (κ3) is 7.10. The number of hydrogen-bond acceptors (Lipinski definition) is 4. The Balaban J connectivity index is 0.00000392. The number of halogens is 1. The molecule has 2 heterocycles. The predicted molar refractivity (Wildman–Crippen MR) is 124 cm³/mol. The molecule has 1 atom stereocenters. The Morgan fingerprint density at radius 2 is 1.93 bits per heavy atom. The van der Waals surface area contributed by atoms with Crippen LogP contribution in [0.4, 0.5) is 0 Å². The highest BCUT2D eigenvalue weighted by atomic mass is 127.